The Morgan fingerprint density at radius 2 is 2.08 bits per heavy atom. The summed E-state index contributed by atoms with van der Waals surface area (Å²) in [5.41, 5.74) is 0. The maximum Gasteiger partial charge on any atom is 0.328 e. The Balaban J connectivity index is 4.23. The lowest BCUT2D eigenvalue weighted by atomic mass is 10.3. The van der Waals surface area contributed by atoms with E-state index in [1.165, 1.54) is 0 Å². The monoisotopic (exact) mass is 196 g/mol. The van der Waals surface area contributed by atoms with Gasteiger partial charge in [0.2, 0.25) is 0 Å². The van der Waals surface area contributed by atoms with Crippen molar-refractivity contribution in [3.8, 4) is 0 Å². The molecule has 1 amide bonds. The summed E-state index contributed by atoms with van der Waals surface area (Å²) in [6.07, 6.45) is 0.115. The maximum atomic E-state index is 10.3. The first-order valence-corrected chi connectivity index (χ1v) is 4.56. The number of rotatable bonds is 5. The first-order valence-electron chi connectivity index (χ1n) is 2.77. The molecule has 4 N–H and O–H groups in total. The van der Waals surface area contributed by atoms with Crippen molar-refractivity contribution in [1.29, 1.82) is 0 Å². The molecule has 0 spiro atoms. The molecule has 0 aliphatic rings. The third-order valence-electron chi connectivity index (χ3n) is 0.952. The van der Waals surface area contributed by atoms with Crippen LogP contribution in [0.4, 0.5) is 0 Å². The number of aliphatic carboxylic acids is 1. The second-order valence-corrected chi connectivity index (χ2v) is 3.68. The summed E-state index contributed by atoms with van der Waals surface area (Å²) < 4.78 is 10.3. The van der Waals surface area contributed by atoms with Crippen LogP contribution in [0, 0.1) is 0 Å². The predicted octanol–water partition coefficient (Wildman–Crippen LogP) is -1.73. The van der Waals surface area contributed by atoms with E-state index in [0.29, 0.717) is 0 Å². The van der Waals surface area contributed by atoms with Gasteiger partial charge in [-0.05, 0) is 0 Å². The quantitative estimate of drug-likeness (QED) is 0.306. The topological polar surface area (TPSA) is 124 Å². The molecule has 7 nitrogen and oxygen atoms in total. The van der Waals surface area contributed by atoms with Gasteiger partial charge in [-0.2, -0.15) is 0 Å². The SMILES string of the molecule is O=[C]NC(CP(=O)(O)O)C(=O)O. The maximum absolute atomic E-state index is 10.3. The standard InChI is InChI=1S/C4H7NO6P/c6-2-5-3(4(7)8)1-12(9,10)11/h3H,1H2,(H,5,6)(H,7,8)(H2,9,10,11). The highest BCUT2D eigenvalue weighted by atomic mass is 31.2. The van der Waals surface area contributed by atoms with Crippen molar-refractivity contribution in [1.82, 2.24) is 5.32 Å². The van der Waals surface area contributed by atoms with Crippen LogP contribution in [-0.2, 0) is 14.2 Å². The van der Waals surface area contributed by atoms with E-state index in [4.69, 9.17) is 14.9 Å². The van der Waals surface area contributed by atoms with Crippen LogP contribution >= 0.6 is 7.60 Å². The van der Waals surface area contributed by atoms with Crippen LogP contribution in [0.15, 0.2) is 0 Å². The number of hydrogen-bond donors (Lipinski definition) is 4. The zero-order chi connectivity index (χ0) is 9.78. The minimum absolute atomic E-state index is 0.933. The van der Waals surface area contributed by atoms with Crippen molar-refractivity contribution in [2.75, 3.05) is 6.16 Å². The Hall–Kier alpha value is -0.910. The molecule has 0 bridgehead atoms. The molecule has 1 unspecified atom stereocenters. The summed E-state index contributed by atoms with van der Waals surface area (Å²) in [6, 6.07) is -1.59. The van der Waals surface area contributed by atoms with E-state index in [1.807, 2.05) is 0 Å². The van der Waals surface area contributed by atoms with Gasteiger partial charge in [-0.25, -0.2) is 4.79 Å². The number of carbonyl (C=O) groups is 1. The zero-order valence-electron chi connectivity index (χ0n) is 5.80. The second kappa shape index (κ2) is 4.20. The molecule has 8 heteroatoms. The Labute approximate surface area is 67.6 Å². The molecule has 0 aliphatic heterocycles. The lowest BCUT2D eigenvalue weighted by Crippen LogP contribution is -2.38. The van der Waals surface area contributed by atoms with Crippen LogP contribution in [0.2, 0.25) is 0 Å². The number of amides is 1. The third-order valence-corrected chi connectivity index (χ3v) is 1.79. The van der Waals surface area contributed by atoms with Gasteiger partial charge in [0.05, 0.1) is 6.16 Å². The first-order chi connectivity index (χ1) is 5.37. The summed E-state index contributed by atoms with van der Waals surface area (Å²) in [4.78, 5) is 36.5. The molecular formula is C4H7NO6P. The summed E-state index contributed by atoms with van der Waals surface area (Å²) >= 11 is 0. The summed E-state index contributed by atoms with van der Waals surface area (Å²) in [6.45, 7) is 0. The van der Waals surface area contributed by atoms with Crippen molar-refractivity contribution in [2.45, 2.75) is 6.04 Å². The summed E-state index contributed by atoms with van der Waals surface area (Å²) in [5, 5.41) is 9.92. The number of carboxylic acids is 1. The average molecular weight is 196 g/mol. The van der Waals surface area contributed by atoms with E-state index in [1.54, 1.807) is 5.32 Å². The van der Waals surface area contributed by atoms with E-state index < -0.39 is 25.8 Å². The van der Waals surface area contributed by atoms with E-state index >= 15 is 0 Å². The fourth-order valence-electron chi connectivity index (χ4n) is 0.494. The predicted molar refractivity (Wildman–Crippen MR) is 37.2 cm³/mol. The van der Waals surface area contributed by atoms with Crippen molar-refractivity contribution in [2.24, 2.45) is 0 Å². The van der Waals surface area contributed by atoms with Crippen molar-refractivity contribution >= 4 is 20.0 Å². The molecule has 0 aliphatic carbocycles. The van der Waals surface area contributed by atoms with Gasteiger partial charge >= 0.3 is 20.0 Å². The largest absolute Gasteiger partial charge is 0.480 e. The Morgan fingerprint density at radius 1 is 1.58 bits per heavy atom. The molecular weight excluding hydrogens is 189 g/mol. The summed E-state index contributed by atoms with van der Waals surface area (Å²) in [7, 11) is -4.43. The van der Waals surface area contributed by atoms with Crippen LogP contribution in [0.5, 0.6) is 0 Å². The minimum atomic E-state index is -4.43. The first kappa shape index (κ1) is 11.1. The van der Waals surface area contributed by atoms with Gasteiger partial charge in [-0.15, -0.1) is 0 Å². The van der Waals surface area contributed by atoms with Crippen LogP contribution in [0.1, 0.15) is 0 Å². The van der Waals surface area contributed by atoms with E-state index in [0.717, 1.165) is 6.41 Å². The highest BCUT2D eigenvalue weighted by molar-refractivity contribution is 7.51. The smallest absolute Gasteiger partial charge is 0.328 e. The van der Waals surface area contributed by atoms with E-state index in [9.17, 15) is 14.2 Å². The van der Waals surface area contributed by atoms with Crippen molar-refractivity contribution < 1.29 is 29.0 Å². The van der Waals surface area contributed by atoms with Gasteiger partial charge in [0.15, 0.2) is 0 Å². The number of carbonyl (C=O) groups excluding carboxylic acids is 1. The molecule has 0 fully saturated rings. The van der Waals surface area contributed by atoms with Gasteiger partial charge in [-0.1, -0.05) is 0 Å². The average Bonchev–Trinajstić information content (AvgIpc) is 1.83. The molecule has 0 aromatic carbocycles. The molecule has 0 rings (SSSR count). The molecule has 69 valence electrons. The van der Waals surface area contributed by atoms with Gasteiger partial charge in [0.25, 0.3) is 0 Å². The molecule has 0 saturated carbocycles. The van der Waals surface area contributed by atoms with Crippen molar-refractivity contribution in [3.05, 3.63) is 0 Å². The molecule has 0 saturated heterocycles. The Morgan fingerprint density at radius 3 is 2.33 bits per heavy atom. The Bertz CT molecular complexity index is 222. The van der Waals surface area contributed by atoms with Crippen LogP contribution < -0.4 is 5.32 Å². The highest BCUT2D eigenvalue weighted by Gasteiger charge is 2.26. The number of carboxylic acid groups (broad SMARTS) is 1. The van der Waals surface area contributed by atoms with Crippen LogP contribution in [0.3, 0.4) is 0 Å². The zero-order valence-corrected chi connectivity index (χ0v) is 6.69. The number of hydrogen-bond acceptors (Lipinski definition) is 3. The lowest BCUT2D eigenvalue weighted by Gasteiger charge is -2.10. The van der Waals surface area contributed by atoms with Crippen LogP contribution in [-0.4, -0.2) is 39.5 Å². The molecule has 0 aromatic heterocycles. The minimum Gasteiger partial charge on any atom is -0.480 e. The van der Waals surface area contributed by atoms with Gasteiger partial charge in [0, 0.05) is 0 Å². The molecule has 12 heavy (non-hydrogen) atoms. The van der Waals surface area contributed by atoms with Gasteiger partial charge < -0.3 is 20.2 Å². The molecule has 1 atom stereocenters. The van der Waals surface area contributed by atoms with Crippen molar-refractivity contribution in [3.63, 3.8) is 0 Å². The van der Waals surface area contributed by atoms with E-state index in [2.05, 4.69) is 0 Å². The second-order valence-electron chi connectivity index (χ2n) is 1.98. The Kier molecular flexibility index (Phi) is 3.88. The molecule has 0 aromatic rings. The molecule has 1 radical (unpaired) electrons. The van der Waals surface area contributed by atoms with Gasteiger partial charge in [-0.3, -0.25) is 9.36 Å². The molecule has 0 heterocycles. The van der Waals surface area contributed by atoms with Crippen LogP contribution in [0.25, 0.3) is 0 Å². The fraction of sp³-hybridized carbons (Fsp3) is 0.500. The van der Waals surface area contributed by atoms with E-state index in [-0.39, 0.29) is 0 Å². The normalized spacial score (nSPS) is 13.5. The highest BCUT2D eigenvalue weighted by Crippen LogP contribution is 2.34. The number of nitrogens with one attached hydrogen (secondary N) is 1. The van der Waals surface area contributed by atoms with Gasteiger partial charge in [0.1, 0.15) is 6.04 Å². The lowest BCUT2D eigenvalue weighted by molar-refractivity contribution is -0.138. The summed E-state index contributed by atoms with van der Waals surface area (Å²) in [5.74, 6) is -1.51. The third kappa shape index (κ3) is 4.84. The fourth-order valence-corrected chi connectivity index (χ4v) is 1.22.